The molecule has 2 aliphatic rings. The molecule has 0 aromatic rings. The number of aliphatic carboxylic acids is 1. The van der Waals surface area contributed by atoms with Gasteiger partial charge in [0, 0.05) is 13.1 Å². The van der Waals surface area contributed by atoms with Crippen LogP contribution in [-0.2, 0) is 14.8 Å². The third kappa shape index (κ3) is 2.94. The zero-order chi connectivity index (χ0) is 14.3. The minimum absolute atomic E-state index is 0.0113. The molecule has 0 radical (unpaired) electrons. The molecule has 1 heterocycles. The van der Waals surface area contributed by atoms with Crippen molar-refractivity contribution in [1.82, 2.24) is 4.31 Å². The van der Waals surface area contributed by atoms with E-state index in [0.717, 1.165) is 12.8 Å². The van der Waals surface area contributed by atoms with Gasteiger partial charge in [-0.2, -0.15) is 0 Å². The minimum atomic E-state index is -3.47. The van der Waals surface area contributed by atoms with E-state index in [0.29, 0.717) is 32.4 Å². The number of piperidine rings is 1. The lowest BCUT2D eigenvalue weighted by Crippen LogP contribution is -2.48. The summed E-state index contributed by atoms with van der Waals surface area (Å²) in [6, 6.07) is 0. The fourth-order valence-electron chi connectivity index (χ4n) is 3.34. The van der Waals surface area contributed by atoms with Crippen LogP contribution in [0.1, 0.15) is 46.0 Å². The average Bonchev–Trinajstić information content (AvgIpc) is 2.77. The van der Waals surface area contributed by atoms with Gasteiger partial charge in [0.1, 0.15) is 0 Å². The molecule has 1 N–H and O–H groups in total. The molecule has 0 amide bonds. The van der Waals surface area contributed by atoms with Crippen LogP contribution < -0.4 is 0 Å². The summed E-state index contributed by atoms with van der Waals surface area (Å²) in [5, 5.41) is 8.44. The van der Waals surface area contributed by atoms with E-state index in [4.69, 9.17) is 5.11 Å². The first kappa shape index (κ1) is 14.8. The van der Waals surface area contributed by atoms with Gasteiger partial charge in [0.15, 0.2) is 0 Å². The third-order valence-corrected chi connectivity index (χ3v) is 6.74. The summed E-state index contributed by atoms with van der Waals surface area (Å²) >= 11 is 0. The van der Waals surface area contributed by atoms with E-state index in [1.54, 1.807) is 0 Å². The summed E-state index contributed by atoms with van der Waals surface area (Å²) in [6.07, 6.45) is 3.54. The number of nitrogens with zero attached hydrogens (tertiary/aromatic N) is 1. The van der Waals surface area contributed by atoms with E-state index in [9.17, 15) is 13.2 Å². The molecule has 1 saturated carbocycles. The van der Waals surface area contributed by atoms with Crippen LogP contribution in [0.2, 0.25) is 0 Å². The first-order valence-electron chi connectivity index (χ1n) is 6.96. The second-order valence-electron chi connectivity index (χ2n) is 6.56. The SMILES string of the molecule is CC1(C)CCCN(S(=O)(=O)C2CCCC2C(=O)O)C1. The van der Waals surface area contributed by atoms with Gasteiger partial charge in [-0.25, -0.2) is 12.7 Å². The maximum Gasteiger partial charge on any atom is 0.307 e. The van der Waals surface area contributed by atoms with E-state index in [1.165, 1.54) is 4.31 Å². The Morgan fingerprint density at radius 3 is 2.53 bits per heavy atom. The Kier molecular flexibility index (Phi) is 3.93. The fourth-order valence-corrected chi connectivity index (χ4v) is 5.77. The molecule has 1 saturated heterocycles. The van der Waals surface area contributed by atoms with Crippen molar-refractivity contribution < 1.29 is 18.3 Å². The molecule has 110 valence electrons. The number of rotatable bonds is 3. The highest BCUT2D eigenvalue weighted by atomic mass is 32.2. The van der Waals surface area contributed by atoms with Crippen LogP contribution in [0.5, 0.6) is 0 Å². The molecule has 19 heavy (non-hydrogen) atoms. The first-order chi connectivity index (χ1) is 8.74. The molecule has 1 aliphatic carbocycles. The summed E-state index contributed by atoms with van der Waals surface area (Å²) in [5.41, 5.74) is -0.0113. The van der Waals surface area contributed by atoms with Gasteiger partial charge < -0.3 is 5.11 Å². The predicted octanol–water partition coefficient (Wildman–Crippen LogP) is 1.69. The number of hydrogen-bond donors (Lipinski definition) is 1. The Bertz CT molecular complexity index is 457. The van der Waals surface area contributed by atoms with Crippen molar-refractivity contribution in [2.45, 2.75) is 51.2 Å². The van der Waals surface area contributed by atoms with Gasteiger partial charge in [0.25, 0.3) is 0 Å². The average molecular weight is 289 g/mol. The number of hydrogen-bond acceptors (Lipinski definition) is 3. The van der Waals surface area contributed by atoms with E-state index in [1.807, 2.05) is 0 Å². The Labute approximate surface area is 115 Å². The normalized spacial score (nSPS) is 32.3. The van der Waals surface area contributed by atoms with E-state index in [-0.39, 0.29) is 5.41 Å². The number of carboxylic acids is 1. The van der Waals surface area contributed by atoms with Gasteiger partial charge in [-0.05, 0) is 31.1 Å². The molecule has 2 fully saturated rings. The highest BCUT2D eigenvalue weighted by molar-refractivity contribution is 7.89. The van der Waals surface area contributed by atoms with Crippen molar-refractivity contribution in [3.05, 3.63) is 0 Å². The predicted molar refractivity (Wildman–Crippen MR) is 72.3 cm³/mol. The summed E-state index contributed by atoms with van der Waals surface area (Å²) < 4.78 is 26.8. The quantitative estimate of drug-likeness (QED) is 0.858. The zero-order valence-corrected chi connectivity index (χ0v) is 12.4. The Morgan fingerprint density at radius 1 is 1.26 bits per heavy atom. The maximum atomic E-state index is 12.7. The molecule has 2 atom stereocenters. The Morgan fingerprint density at radius 2 is 1.95 bits per heavy atom. The van der Waals surface area contributed by atoms with Gasteiger partial charge in [-0.3, -0.25) is 4.79 Å². The third-order valence-electron chi connectivity index (χ3n) is 4.38. The summed E-state index contributed by atoms with van der Waals surface area (Å²) in [4.78, 5) is 11.2. The Balaban J connectivity index is 2.20. The lowest BCUT2D eigenvalue weighted by atomic mass is 9.85. The minimum Gasteiger partial charge on any atom is -0.481 e. The zero-order valence-electron chi connectivity index (χ0n) is 11.6. The second-order valence-corrected chi connectivity index (χ2v) is 8.71. The molecule has 1 aliphatic heterocycles. The van der Waals surface area contributed by atoms with Crippen LogP contribution in [0.15, 0.2) is 0 Å². The standard InChI is InChI=1S/C13H23NO4S/c1-13(2)7-4-8-14(9-13)19(17,18)11-6-3-5-10(11)12(15)16/h10-11H,3-9H2,1-2H3,(H,15,16). The van der Waals surface area contributed by atoms with Crippen LogP contribution in [0, 0.1) is 11.3 Å². The van der Waals surface area contributed by atoms with Crippen molar-refractivity contribution in [1.29, 1.82) is 0 Å². The van der Waals surface area contributed by atoms with Crippen molar-refractivity contribution in [3.63, 3.8) is 0 Å². The van der Waals surface area contributed by atoms with Gasteiger partial charge in [-0.15, -0.1) is 0 Å². The van der Waals surface area contributed by atoms with Crippen molar-refractivity contribution >= 4 is 16.0 Å². The molecule has 2 rings (SSSR count). The van der Waals surface area contributed by atoms with Gasteiger partial charge in [0.2, 0.25) is 10.0 Å². The van der Waals surface area contributed by atoms with E-state index in [2.05, 4.69) is 13.8 Å². The van der Waals surface area contributed by atoms with Crippen LogP contribution in [0.4, 0.5) is 0 Å². The van der Waals surface area contributed by atoms with Crippen LogP contribution in [0.25, 0.3) is 0 Å². The lowest BCUT2D eigenvalue weighted by Gasteiger charge is -2.38. The monoisotopic (exact) mass is 289 g/mol. The fraction of sp³-hybridized carbons (Fsp3) is 0.923. The van der Waals surface area contributed by atoms with Gasteiger partial charge >= 0.3 is 5.97 Å². The summed E-state index contributed by atoms with van der Waals surface area (Å²) in [5.74, 6) is -1.70. The summed E-state index contributed by atoms with van der Waals surface area (Å²) in [7, 11) is -3.47. The van der Waals surface area contributed by atoms with E-state index >= 15 is 0 Å². The number of carboxylic acid groups (broad SMARTS) is 1. The largest absolute Gasteiger partial charge is 0.481 e. The summed E-state index contributed by atoms with van der Waals surface area (Å²) in [6.45, 7) is 5.18. The molecule has 5 nitrogen and oxygen atoms in total. The number of carbonyl (C=O) groups is 1. The van der Waals surface area contributed by atoms with Gasteiger partial charge in [0.05, 0.1) is 11.2 Å². The molecule has 0 aromatic heterocycles. The first-order valence-corrected chi connectivity index (χ1v) is 8.46. The molecule has 0 spiro atoms. The van der Waals surface area contributed by atoms with E-state index < -0.39 is 27.2 Å². The highest BCUT2D eigenvalue weighted by Crippen LogP contribution is 2.37. The van der Waals surface area contributed by atoms with Crippen LogP contribution >= 0.6 is 0 Å². The van der Waals surface area contributed by atoms with Crippen LogP contribution in [0.3, 0.4) is 0 Å². The Hall–Kier alpha value is -0.620. The maximum absolute atomic E-state index is 12.7. The van der Waals surface area contributed by atoms with Crippen molar-refractivity contribution in [3.8, 4) is 0 Å². The molecule has 0 aromatic carbocycles. The smallest absolute Gasteiger partial charge is 0.307 e. The van der Waals surface area contributed by atoms with Crippen molar-refractivity contribution in [2.75, 3.05) is 13.1 Å². The highest BCUT2D eigenvalue weighted by Gasteiger charge is 2.45. The molecule has 2 unspecified atom stereocenters. The molecular weight excluding hydrogens is 266 g/mol. The lowest BCUT2D eigenvalue weighted by molar-refractivity contribution is -0.141. The van der Waals surface area contributed by atoms with Gasteiger partial charge in [-0.1, -0.05) is 20.3 Å². The van der Waals surface area contributed by atoms with Crippen molar-refractivity contribution in [2.24, 2.45) is 11.3 Å². The van der Waals surface area contributed by atoms with Crippen LogP contribution in [-0.4, -0.2) is 42.1 Å². The molecular formula is C13H23NO4S. The molecule has 6 heteroatoms. The topological polar surface area (TPSA) is 74.7 Å². The second kappa shape index (κ2) is 5.05. The molecule has 0 bridgehead atoms. The number of sulfonamides is 1.